The molecule has 0 aliphatic carbocycles. The van der Waals surface area contributed by atoms with Crippen molar-refractivity contribution in [2.45, 2.75) is 39.4 Å². The van der Waals surface area contributed by atoms with E-state index in [9.17, 15) is 20.4 Å². The van der Waals surface area contributed by atoms with Crippen LogP contribution < -0.4 is 5.30 Å². The van der Waals surface area contributed by atoms with Gasteiger partial charge in [-0.25, -0.2) is 0 Å². The van der Waals surface area contributed by atoms with E-state index in [1.807, 2.05) is 26.6 Å². The molecule has 24 heavy (non-hydrogen) atoms. The first-order chi connectivity index (χ1) is 11.4. The molecule has 130 valence electrons. The highest BCUT2D eigenvalue weighted by Gasteiger charge is 2.16. The SMILES string of the molecule is CPc1cc(CO)cc(Cc2cc(CO)cc(C(C)C)c2O)c1O. The molecule has 0 fully saturated rings. The van der Waals surface area contributed by atoms with Crippen molar-refractivity contribution in [1.82, 2.24) is 0 Å². The Bertz CT molecular complexity index is 726. The normalized spacial score (nSPS) is 11.8. The molecular weight excluding hydrogens is 323 g/mol. The minimum absolute atomic E-state index is 0.0926. The quantitative estimate of drug-likeness (QED) is 0.605. The van der Waals surface area contributed by atoms with Crippen LogP contribution >= 0.6 is 8.58 Å². The van der Waals surface area contributed by atoms with Crippen molar-refractivity contribution >= 4 is 13.9 Å². The van der Waals surface area contributed by atoms with Crippen LogP contribution in [0.2, 0.25) is 0 Å². The van der Waals surface area contributed by atoms with Crippen LogP contribution in [0.4, 0.5) is 0 Å². The molecule has 4 N–H and O–H groups in total. The average Bonchev–Trinajstić information content (AvgIpc) is 2.57. The van der Waals surface area contributed by atoms with E-state index in [2.05, 4.69) is 0 Å². The van der Waals surface area contributed by atoms with Gasteiger partial charge < -0.3 is 20.4 Å². The molecular formula is C19H25O4P. The summed E-state index contributed by atoms with van der Waals surface area (Å²) < 4.78 is 0. The second-order valence-corrected chi connectivity index (χ2v) is 7.28. The van der Waals surface area contributed by atoms with Crippen molar-refractivity contribution in [3.8, 4) is 11.5 Å². The zero-order chi connectivity index (χ0) is 17.9. The summed E-state index contributed by atoms with van der Waals surface area (Å²) in [4.78, 5) is 0. The molecule has 4 nitrogen and oxygen atoms in total. The molecule has 2 aromatic rings. The predicted octanol–water partition coefficient (Wildman–Crippen LogP) is 2.73. The van der Waals surface area contributed by atoms with Gasteiger partial charge in [-0.1, -0.05) is 22.4 Å². The Morgan fingerprint density at radius 3 is 1.92 bits per heavy atom. The van der Waals surface area contributed by atoms with Gasteiger partial charge in [-0.3, -0.25) is 0 Å². The number of aromatic hydroxyl groups is 2. The van der Waals surface area contributed by atoms with Crippen LogP contribution in [0, 0.1) is 0 Å². The maximum Gasteiger partial charge on any atom is 0.126 e. The van der Waals surface area contributed by atoms with Gasteiger partial charge >= 0.3 is 0 Å². The molecule has 1 atom stereocenters. The number of aliphatic hydroxyl groups is 2. The second kappa shape index (κ2) is 7.98. The lowest BCUT2D eigenvalue weighted by molar-refractivity contribution is 0.281. The summed E-state index contributed by atoms with van der Waals surface area (Å²) in [7, 11) is 0.410. The molecule has 0 radical (unpaired) electrons. The molecule has 0 saturated heterocycles. The van der Waals surface area contributed by atoms with Gasteiger partial charge in [-0.05, 0) is 64.7 Å². The Morgan fingerprint density at radius 2 is 1.42 bits per heavy atom. The van der Waals surface area contributed by atoms with Crippen LogP contribution in [0.15, 0.2) is 24.3 Å². The van der Waals surface area contributed by atoms with Gasteiger partial charge in [0.2, 0.25) is 0 Å². The minimum Gasteiger partial charge on any atom is -0.507 e. The number of rotatable bonds is 6. The maximum atomic E-state index is 10.6. The molecule has 0 amide bonds. The van der Waals surface area contributed by atoms with Crippen LogP contribution in [0.25, 0.3) is 0 Å². The van der Waals surface area contributed by atoms with Crippen LogP contribution in [0.3, 0.4) is 0 Å². The molecule has 0 aromatic heterocycles. The highest BCUT2D eigenvalue weighted by atomic mass is 31.1. The minimum atomic E-state index is -0.0999. The summed E-state index contributed by atoms with van der Waals surface area (Å²) >= 11 is 0. The molecule has 0 heterocycles. The van der Waals surface area contributed by atoms with Crippen LogP contribution in [0.1, 0.15) is 47.6 Å². The van der Waals surface area contributed by atoms with Crippen molar-refractivity contribution < 1.29 is 20.4 Å². The van der Waals surface area contributed by atoms with Crippen LogP contribution in [0.5, 0.6) is 11.5 Å². The third-order valence-electron chi connectivity index (χ3n) is 4.16. The van der Waals surface area contributed by atoms with E-state index in [0.29, 0.717) is 26.1 Å². The highest BCUT2D eigenvalue weighted by molar-refractivity contribution is 7.46. The van der Waals surface area contributed by atoms with E-state index in [1.165, 1.54) is 0 Å². The summed E-state index contributed by atoms with van der Waals surface area (Å²) in [5.74, 6) is 0.546. The predicted molar refractivity (Wildman–Crippen MR) is 98.8 cm³/mol. The van der Waals surface area contributed by atoms with Crippen molar-refractivity contribution in [2.24, 2.45) is 0 Å². The first-order valence-electron chi connectivity index (χ1n) is 8.00. The monoisotopic (exact) mass is 348 g/mol. The number of hydrogen-bond donors (Lipinski definition) is 4. The topological polar surface area (TPSA) is 80.9 Å². The fourth-order valence-electron chi connectivity index (χ4n) is 2.84. The third-order valence-corrected chi connectivity index (χ3v) is 5.08. The Kier molecular flexibility index (Phi) is 6.22. The van der Waals surface area contributed by atoms with Gasteiger partial charge in [0.25, 0.3) is 0 Å². The molecule has 5 heteroatoms. The van der Waals surface area contributed by atoms with E-state index < -0.39 is 0 Å². The van der Waals surface area contributed by atoms with Crippen LogP contribution in [-0.4, -0.2) is 27.1 Å². The Balaban J connectivity index is 2.53. The van der Waals surface area contributed by atoms with Gasteiger partial charge in [0.15, 0.2) is 0 Å². The third kappa shape index (κ3) is 3.89. The molecule has 0 aliphatic rings. The van der Waals surface area contributed by atoms with Crippen LogP contribution in [-0.2, 0) is 19.6 Å². The summed E-state index contributed by atoms with van der Waals surface area (Å²) in [6.07, 6.45) is 0.344. The Labute approximate surface area is 144 Å². The number of phenolic OH excluding ortho intramolecular Hbond substituents is 2. The molecule has 0 aliphatic heterocycles. The van der Waals surface area contributed by atoms with E-state index in [1.54, 1.807) is 18.2 Å². The highest BCUT2D eigenvalue weighted by Crippen LogP contribution is 2.34. The van der Waals surface area contributed by atoms with Gasteiger partial charge in [0.05, 0.1) is 13.2 Å². The zero-order valence-corrected chi connectivity index (χ0v) is 15.3. The maximum absolute atomic E-state index is 10.6. The van der Waals surface area contributed by atoms with E-state index in [0.717, 1.165) is 22.0 Å². The zero-order valence-electron chi connectivity index (χ0n) is 14.3. The molecule has 0 saturated carbocycles. The molecule has 2 rings (SSSR count). The van der Waals surface area contributed by atoms with Crippen molar-refractivity contribution in [1.29, 1.82) is 0 Å². The Morgan fingerprint density at radius 1 is 0.875 bits per heavy atom. The first-order valence-corrected chi connectivity index (χ1v) is 9.50. The van der Waals surface area contributed by atoms with Gasteiger partial charge in [0, 0.05) is 11.7 Å². The van der Waals surface area contributed by atoms with Gasteiger partial charge in [-0.15, -0.1) is 0 Å². The van der Waals surface area contributed by atoms with Gasteiger partial charge in [-0.2, -0.15) is 0 Å². The molecule has 0 spiro atoms. The number of benzene rings is 2. The lowest BCUT2D eigenvalue weighted by atomic mass is 9.92. The van der Waals surface area contributed by atoms with Crippen molar-refractivity contribution in [3.63, 3.8) is 0 Å². The number of aliphatic hydroxyl groups excluding tert-OH is 2. The van der Waals surface area contributed by atoms with Gasteiger partial charge in [0.1, 0.15) is 11.5 Å². The average molecular weight is 348 g/mol. The fraction of sp³-hybridized carbons (Fsp3) is 0.368. The first kappa shape index (κ1) is 18.7. The summed E-state index contributed by atoms with van der Waals surface area (Å²) in [6, 6.07) is 7.15. The summed E-state index contributed by atoms with van der Waals surface area (Å²) in [5, 5.41) is 40.8. The number of hydrogen-bond acceptors (Lipinski definition) is 4. The fourth-order valence-corrected chi connectivity index (χ4v) is 3.56. The van der Waals surface area contributed by atoms with Crippen molar-refractivity contribution in [2.75, 3.05) is 6.66 Å². The largest absolute Gasteiger partial charge is 0.507 e. The number of phenols is 2. The molecule has 1 unspecified atom stereocenters. The van der Waals surface area contributed by atoms with E-state index in [-0.39, 0.29) is 30.6 Å². The molecule has 0 bridgehead atoms. The standard InChI is InChI=1S/C19H25O4P/c1-11(2)16-6-12(9-20)4-14(18(16)22)8-15-5-13(10-21)7-17(24-3)19(15)23/h4-7,11,20-24H,8-10H2,1-3H3. The van der Waals surface area contributed by atoms with E-state index >= 15 is 0 Å². The summed E-state index contributed by atoms with van der Waals surface area (Å²) in [6.45, 7) is 5.75. The lowest BCUT2D eigenvalue weighted by Crippen LogP contribution is -2.04. The Hall–Kier alpha value is -1.61. The van der Waals surface area contributed by atoms with E-state index in [4.69, 9.17) is 0 Å². The summed E-state index contributed by atoms with van der Waals surface area (Å²) in [5.41, 5.74) is 3.61. The second-order valence-electron chi connectivity index (χ2n) is 6.24. The smallest absolute Gasteiger partial charge is 0.126 e. The molecule has 2 aromatic carbocycles. The van der Waals surface area contributed by atoms with Crippen molar-refractivity contribution in [3.05, 3.63) is 52.1 Å². The lowest BCUT2D eigenvalue weighted by Gasteiger charge is -2.16.